The van der Waals surface area contributed by atoms with Gasteiger partial charge in [-0.3, -0.25) is 9.36 Å². The summed E-state index contributed by atoms with van der Waals surface area (Å²) in [5.74, 6) is 1.03. The van der Waals surface area contributed by atoms with E-state index >= 15 is 0 Å². The Balaban J connectivity index is 1.75. The summed E-state index contributed by atoms with van der Waals surface area (Å²) in [6, 6.07) is 3.63. The molecule has 0 bridgehead atoms. The Labute approximate surface area is 140 Å². The van der Waals surface area contributed by atoms with Gasteiger partial charge in [0.1, 0.15) is 11.9 Å². The lowest BCUT2D eigenvalue weighted by atomic mass is 10.1. The van der Waals surface area contributed by atoms with Gasteiger partial charge in [0, 0.05) is 43.4 Å². The van der Waals surface area contributed by atoms with E-state index in [1.54, 1.807) is 4.90 Å². The minimum atomic E-state index is -0.334. The normalized spacial score (nSPS) is 15.5. The highest BCUT2D eigenvalue weighted by Gasteiger charge is 2.25. The third-order valence-corrected chi connectivity index (χ3v) is 4.40. The summed E-state index contributed by atoms with van der Waals surface area (Å²) in [4.78, 5) is 25.0. The van der Waals surface area contributed by atoms with Crippen molar-refractivity contribution < 1.29 is 18.8 Å². The van der Waals surface area contributed by atoms with Crippen molar-refractivity contribution in [3.63, 3.8) is 0 Å². The molecule has 0 unspecified atom stereocenters. The molecule has 0 spiro atoms. The van der Waals surface area contributed by atoms with Crippen molar-refractivity contribution in [1.82, 2.24) is 14.6 Å². The zero-order valence-electron chi connectivity index (χ0n) is 14.1. The van der Waals surface area contributed by atoms with Crippen molar-refractivity contribution in [2.45, 2.75) is 39.7 Å². The van der Waals surface area contributed by atoms with Crippen LogP contribution in [0.1, 0.15) is 40.3 Å². The molecule has 1 amide bonds. The number of carbonyl (C=O) groups excluding carboxylic acids is 2. The molecule has 7 heteroatoms. The van der Waals surface area contributed by atoms with E-state index in [-0.39, 0.29) is 12.1 Å². The van der Waals surface area contributed by atoms with Gasteiger partial charge in [0.2, 0.25) is 6.41 Å². The molecule has 1 saturated heterocycles. The highest BCUT2D eigenvalue weighted by Crippen LogP contribution is 2.23. The van der Waals surface area contributed by atoms with Crippen LogP contribution < -0.4 is 0 Å². The Morgan fingerprint density at radius 3 is 2.58 bits per heavy atom. The van der Waals surface area contributed by atoms with Crippen LogP contribution in [0.4, 0.5) is 0 Å². The van der Waals surface area contributed by atoms with Crippen LogP contribution in [0.15, 0.2) is 16.7 Å². The lowest BCUT2D eigenvalue weighted by Crippen LogP contribution is -2.37. The summed E-state index contributed by atoms with van der Waals surface area (Å²) in [5, 5.41) is 4.01. The monoisotopic (exact) mass is 331 g/mol. The second-order valence-corrected chi connectivity index (χ2v) is 6.16. The van der Waals surface area contributed by atoms with Gasteiger partial charge >= 0.3 is 5.97 Å². The molecule has 3 heterocycles. The summed E-state index contributed by atoms with van der Waals surface area (Å²) in [6.45, 7) is 6.85. The maximum Gasteiger partial charge on any atom is 0.340 e. The van der Waals surface area contributed by atoms with Crippen LogP contribution in [0.5, 0.6) is 0 Å². The largest absolute Gasteiger partial charge is 0.459 e. The number of aryl methyl sites for hydroxylation is 2. The highest BCUT2D eigenvalue weighted by atomic mass is 16.5. The van der Waals surface area contributed by atoms with Crippen molar-refractivity contribution in [3.8, 4) is 5.82 Å². The Bertz CT molecular complexity index is 754. The zero-order valence-corrected chi connectivity index (χ0v) is 14.1. The van der Waals surface area contributed by atoms with Crippen LogP contribution >= 0.6 is 0 Å². The van der Waals surface area contributed by atoms with E-state index in [0.29, 0.717) is 43.1 Å². The first-order valence-corrected chi connectivity index (χ1v) is 8.02. The predicted octanol–water partition coefficient (Wildman–Crippen LogP) is 2.17. The summed E-state index contributed by atoms with van der Waals surface area (Å²) < 4.78 is 12.6. The first kappa shape index (κ1) is 16.3. The Morgan fingerprint density at radius 2 is 2.00 bits per heavy atom. The molecule has 0 radical (unpaired) electrons. The van der Waals surface area contributed by atoms with Crippen molar-refractivity contribution in [3.05, 3.63) is 34.8 Å². The van der Waals surface area contributed by atoms with Gasteiger partial charge in [-0.25, -0.2) is 4.79 Å². The fourth-order valence-electron chi connectivity index (χ4n) is 3.09. The molecule has 0 aliphatic carbocycles. The van der Waals surface area contributed by atoms with E-state index in [1.165, 1.54) is 0 Å². The highest BCUT2D eigenvalue weighted by molar-refractivity contribution is 5.91. The lowest BCUT2D eigenvalue weighted by Gasteiger charge is -2.28. The SMILES string of the molecule is Cc1cc(-n2c(C)cc(C(=O)OC3CCN(C=O)CC3)c2C)no1. The van der Waals surface area contributed by atoms with E-state index in [2.05, 4.69) is 5.16 Å². The van der Waals surface area contributed by atoms with E-state index < -0.39 is 0 Å². The van der Waals surface area contributed by atoms with Gasteiger partial charge in [-0.2, -0.15) is 0 Å². The van der Waals surface area contributed by atoms with Gasteiger partial charge in [-0.05, 0) is 26.8 Å². The summed E-state index contributed by atoms with van der Waals surface area (Å²) in [6.07, 6.45) is 2.04. The molecule has 1 aliphatic rings. The molecule has 2 aromatic heterocycles. The molecule has 24 heavy (non-hydrogen) atoms. The van der Waals surface area contributed by atoms with Gasteiger partial charge in [-0.1, -0.05) is 5.16 Å². The number of aromatic nitrogens is 2. The molecule has 0 N–H and O–H groups in total. The number of rotatable bonds is 4. The molecular formula is C17H21N3O4. The first-order valence-electron chi connectivity index (χ1n) is 8.02. The van der Waals surface area contributed by atoms with Crippen molar-refractivity contribution in [1.29, 1.82) is 0 Å². The topological polar surface area (TPSA) is 77.6 Å². The minimum Gasteiger partial charge on any atom is -0.459 e. The zero-order chi connectivity index (χ0) is 17.3. The van der Waals surface area contributed by atoms with Crippen LogP contribution in [-0.2, 0) is 9.53 Å². The van der Waals surface area contributed by atoms with Crippen LogP contribution in [-0.4, -0.2) is 46.2 Å². The average molecular weight is 331 g/mol. The number of amides is 1. The molecule has 7 nitrogen and oxygen atoms in total. The van der Waals surface area contributed by atoms with Crippen LogP contribution in [0.3, 0.4) is 0 Å². The number of nitrogens with zero attached hydrogens (tertiary/aromatic N) is 3. The molecule has 0 saturated carbocycles. The third kappa shape index (κ3) is 3.06. The van der Waals surface area contributed by atoms with Crippen molar-refractivity contribution in [2.75, 3.05) is 13.1 Å². The number of esters is 1. The fourth-order valence-corrected chi connectivity index (χ4v) is 3.09. The number of likely N-dealkylation sites (tertiary alicyclic amines) is 1. The third-order valence-electron chi connectivity index (χ3n) is 4.40. The van der Waals surface area contributed by atoms with Crippen LogP contribution in [0.2, 0.25) is 0 Å². The second-order valence-electron chi connectivity index (χ2n) is 6.16. The molecule has 0 aromatic carbocycles. The Kier molecular flexibility index (Phi) is 4.42. The minimum absolute atomic E-state index is 0.147. The van der Waals surface area contributed by atoms with Gasteiger partial charge in [0.15, 0.2) is 5.82 Å². The summed E-state index contributed by atoms with van der Waals surface area (Å²) in [5.41, 5.74) is 2.20. The molecule has 2 aromatic rings. The number of ether oxygens (including phenoxy) is 1. The maximum atomic E-state index is 12.5. The average Bonchev–Trinajstić information content (AvgIpc) is 3.11. The summed E-state index contributed by atoms with van der Waals surface area (Å²) in [7, 11) is 0. The molecule has 3 rings (SSSR count). The van der Waals surface area contributed by atoms with E-state index in [4.69, 9.17) is 9.26 Å². The van der Waals surface area contributed by atoms with Crippen molar-refractivity contribution >= 4 is 12.4 Å². The van der Waals surface area contributed by atoms with E-state index in [0.717, 1.165) is 17.8 Å². The van der Waals surface area contributed by atoms with Crippen molar-refractivity contribution in [2.24, 2.45) is 0 Å². The predicted molar refractivity (Wildman–Crippen MR) is 86.1 cm³/mol. The quantitative estimate of drug-likeness (QED) is 0.634. The van der Waals surface area contributed by atoms with Crippen LogP contribution in [0.25, 0.3) is 5.82 Å². The maximum absolute atomic E-state index is 12.5. The number of hydrogen-bond acceptors (Lipinski definition) is 5. The number of carbonyl (C=O) groups is 2. The van der Waals surface area contributed by atoms with E-state index in [1.807, 2.05) is 37.5 Å². The lowest BCUT2D eigenvalue weighted by molar-refractivity contribution is -0.120. The van der Waals surface area contributed by atoms with Crippen LogP contribution in [0, 0.1) is 20.8 Å². The van der Waals surface area contributed by atoms with Gasteiger partial charge in [0.25, 0.3) is 0 Å². The molecule has 1 aliphatic heterocycles. The van der Waals surface area contributed by atoms with Gasteiger partial charge in [0.05, 0.1) is 5.56 Å². The smallest absolute Gasteiger partial charge is 0.340 e. The fraction of sp³-hybridized carbons (Fsp3) is 0.471. The molecule has 0 atom stereocenters. The van der Waals surface area contributed by atoms with Gasteiger partial charge < -0.3 is 14.2 Å². The van der Waals surface area contributed by atoms with Gasteiger partial charge in [-0.15, -0.1) is 0 Å². The van der Waals surface area contributed by atoms with E-state index in [9.17, 15) is 9.59 Å². The molecular weight excluding hydrogens is 310 g/mol. The summed E-state index contributed by atoms with van der Waals surface area (Å²) >= 11 is 0. The molecule has 128 valence electrons. The Hall–Kier alpha value is -2.57. The number of piperidine rings is 1. The Morgan fingerprint density at radius 1 is 1.29 bits per heavy atom. The second kappa shape index (κ2) is 6.51. The number of hydrogen-bond donors (Lipinski definition) is 0. The molecule has 1 fully saturated rings. The first-order chi connectivity index (χ1) is 11.5. The standard InChI is InChI=1S/C17H21N3O4/c1-11-8-15(13(3)20(11)16-9-12(2)24-18-16)17(22)23-14-4-6-19(10-21)7-5-14/h8-10,14H,4-7H2,1-3H3.